The molecule has 0 spiro atoms. The topological polar surface area (TPSA) is 12.5 Å². The number of rotatable bonds is 3. The van der Waals surface area contributed by atoms with Gasteiger partial charge in [0, 0.05) is 30.6 Å². The Morgan fingerprint density at radius 2 is 1.88 bits per heavy atom. The van der Waals surface area contributed by atoms with Crippen molar-refractivity contribution in [1.29, 1.82) is 0 Å². The number of nitrogens with zero attached hydrogens (tertiary/aromatic N) is 1. The van der Waals surface area contributed by atoms with Gasteiger partial charge in [-0.15, -0.1) is 0 Å². The van der Waals surface area contributed by atoms with Crippen LogP contribution >= 0.6 is 15.9 Å². The predicted molar refractivity (Wildman–Crippen MR) is 71.2 cm³/mol. The van der Waals surface area contributed by atoms with E-state index in [0.29, 0.717) is 11.0 Å². The van der Waals surface area contributed by atoms with Crippen LogP contribution < -0.4 is 0 Å². The molecule has 0 bridgehead atoms. The van der Waals surface area contributed by atoms with E-state index in [1.165, 1.54) is 38.8 Å². The fourth-order valence-corrected chi connectivity index (χ4v) is 3.74. The van der Waals surface area contributed by atoms with Gasteiger partial charge in [-0.25, -0.2) is 0 Å². The maximum atomic E-state index is 5.50. The SMILES string of the molecule is CC1(C)CCCN1CC1(CBr)CCOCC1. The number of hydrogen-bond acceptors (Lipinski definition) is 2. The molecule has 0 atom stereocenters. The highest BCUT2D eigenvalue weighted by atomic mass is 79.9. The van der Waals surface area contributed by atoms with Gasteiger partial charge in [0.05, 0.1) is 0 Å². The van der Waals surface area contributed by atoms with Gasteiger partial charge in [-0.05, 0) is 51.5 Å². The van der Waals surface area contributed by atoms with Crippen LogP contribution in [0.3, 0.4) is 0 Å². The monoisotopic (exact) mass is 289 g/mol. The van der Waals surface area contributed by atoms with E-state index in [2.05, 4.69) is 34.7 Å². The molecule has 0 aliphatic carbocycles. The highest BCUT2D eigenvalue weighted by Gasteiger charge is 2.39. The fourth-order valence-electron chi connectivity index (χ4n) is 3.00. The Morgan fingerprint density at radius 3 is 2.38 bits per heavy atom. The Labute approximate surface area is 108 Å². The number of hydrogen-bond donors (Lipinski definition) is 0. The van der Waals surface area contributed by atoms with Gasteiger partial charge in [0.1, 0.15) is 0 Å². The lowest BCUT2D eigenvalue weighted by Crippen LogP contribution is -2.48. The molecule has 2 nitrogen and oxygen atoms in total. The molecule has 2 heterocycles. The summed E-state index contributed by atoms with van der Waals surface area (Å²) >= 11 is 3.73. The molecule has 2 fully saturated rings. The van der Waals surface area contributed by atoms with Crippen LogP contribution in [0.4, 0.5) is 0 Å². The van der Waals surface area contributed by atoms with Gasteiger partial charge < -0.3 is 4.74 Å². The van der Waals surface area contributed by atoms with Crippen LogP contribution in [-0.4, -0.2) is 42.1 Å². The highest BCUT2D eigenvalue weighted by molar-refractivity contribution is 9.09. The van der Waals surface area contributed by atoms with Crippen LogP contribution in [0.15, 0.2) is 0 Å². The van der Waals surface area contributed by atoms with E-state index in [0.717, 1.165) is 18.5 Å². The Hall–Kier alpha value is 0.400. The number of likely N-dealkylation sites (tertiary alicyclic amines) is 1. The average Bonchev–Trinajstić information content (AvgIpc) is 2.60. The van der Waals surface area contributed by atoms with Crippen molar-refractivity contribution in [1.82, 2.24) is 4.90 Å². The van der Waals surface area contributed by atoms with E-state index in [4.69, 9.17) is 4.74 Å². The first kappa shape index (κ1) is 12.8. The van der Waals surface area contributed by atoms with Gasteiger partial charge in [-0.1, -0.05) is 15.9 Å². The summed E-state index contributed by atoms with van der Waals surface area (Å²) in [4.78, 5) is 2.69. The summed E-state index contributed by atoms with van der Waals surface area (Å²) in [6.45, 7) is 9.19. The van der Waals surface area contributed by atoms with Crippen LogP contribution in [0.1, 0.15) is 39.5 Å². The van der Waals surface area contributed by atoms with Crippen molar-refractivity contribution in [3.63, 3.8) is 0 Å². The van der Waals surface area contributed by atoms with Crippen molar-refractivity contribution >= 4 is 15.9 Å². The van der Waals surface area contributed by atoms with Crippen LogP contribution in [0, 0.1) is 5.41 Å². The van der Waals surface area contributed by atoms with Crippen LogP contribution in [-0.2, 0) is 4.74 Å². The summed E-state index contributed by atoms with van der Waals surface area (Å²) in [6.07, 6.45) is 5.14. The molecule has 2 rings (SSSR count). The second-order valence-corrected chi connectivity index (χ2v) is 6.64. The maximum Gasteiger partial charge on any atom is 0.0472 e. The molecule has 0 N–H and O–H groups in total. The summed E-state index contributed by atoms with van der Waals surface area (Å²) < 4.78 is 5.50. The van der Waals surface area contributed by atoms with E-state index in [-0.39, 0.29) is 0 Å². The largest absolute Gasteiger partial charge is 0.381 e. The number of alkyl halides is 1. The molecule has 0 aromatic heterocycles. The standard InChI is InChI=1S/C13H24BrNO/c1-12(2)4-3-7-15(12)11-13(10-14)5-8-16-9-6-13/h3-11H2,1-2H3. The van der Waals surface area contributed by atoms with Crippen molar-refractivity contribution < 1.29 is 4.74 Å². The van der Waals surface area contributed by atoms with Crippen molar-refractivity contribution in [2.75, 3.05) is 31.6 Å². The highest BCUT2D eigenvalue weighted by Crippen LogP contribution is 2.38. The predicted octanol–water partition coefficient (Wildman–Crippen LogP) is 3.05. The van der Waals surface area contributed by atoms with Crippen molar-refractivity contribution in [2.45, 2.75) is 45.1 Å². The van der Waals surface area contributed by atoms with E-state index < -0.39 is 0 Å². The summed E-state index contributed by atoms with van der Waals surface area (Å²) in [5, 5.41) is 1.12. The number of halogens is 1. The lowest BCUT2D eigenvalue weighted by molar-refractivity contribution is -0.00240. The lowest BCUT2D eigenvalue weighted by Gasteiger charge is -2.43. The molecule has 0 radical (unpaired) electrons. The minimum atomic E-state index is 0.410. The van der Waals surface area contributed by atoms with Crippen LogP contribution in [0.2, 0.25) is 0 Å². The first-order valence-electron chi connectivity index (χ1n) is 6.47. The molecule has 0 aromatic rings. The summed E-state index contributed by atoms with van der Waals surface area (Å²) in [7, 11) is 0. The van der Waals surface area contributed by atoms with Gasteiger partial charge in [0.25, 0.3) is 0 Å². The molecule has 94 valence electrons. The third-order valence-electron chi connectivity index (χ3n) is 4.44. The number of ether oxygens (including phenoxy) is 1. The van der Waals surface area contributed by atoms with E-state index in [9.17, 15) is 0 Å². The van der Waals surface area contributed by atoms with E-state index in [1.54, 1.807) is 0 Å². The van der Waals surface area contributed by atoms with Crippen LogP contribution in [0.25, 0.3) is 0 Å². The van der Waals surface area contributed by atoms with Gasteiger partial charge in [-0.2, -0.15) is 0 Å². The Balaban J connectivity index is 2.00. The van der Waals surface area contributed by atoms with Crippen LogP contribution in [0.5, 0.6) is 0 Å². The molecular weight excluding hydrogens is 266 g/mol. The van der Waals surface area contributed by atoms with Gasteiger partial charge in [-0.3, -0.25) is 4.90 Å². The quantitative estimate of drug-likeness (QED) is 0.741. The molecule has 0 saturated carbocycles. The third kappa shape index (κ3) is 2.62. The molecule has 2 saturated heterocycles. The molecular formula is C13H24BrNO. The van der Waals surface area contributed by atoms with Gasteiger partial charge in [0.2, 0.25) is 0 Å². The normalized spacial score (nSPS) is 29.4. The first-order valence-corrected chi connectivity index (χ1v) is 7.59. The Kier molecular flexibility index (Phi) is 3.97. The van der Waals surface area contributed by atoms with Gasteiger partial charge in [0.15, 0.2) is 0 Å². The summed E-state index contributed by atoms with van der Waals surface area (Å²) in [6, 6.07) is 0. The molecule has 0 aromatic carbocycles. The summed E-state index contributed by atoms with van der Waals surface area (Å²) in [5.41, 5.74) is 0.868. The third-order valence-corrected chi connectivity index (χ3v) is 5.63. The zero-order chi connectivity index (χ0) is 11.6. The average molecular weight is 290 g/mol. The second kappa shape index (κ2) is 4.95. The lowest BCUT2D eigenvalue weighted by atomic mass is 9.81. The van der Waals surface area contributed by atoms with E-state index in [1.807, 2.05) is 0 Å². The smallest absolute Gasteiger partial charge is 0.0472 e. The zero-order valence-corrected chi connectivity index (χ0v) is 12.2. The molecule has 0 unspecified atom stereocenters. The van der Waals surface area contributed by atoms with Crippen molar-refractivity contribution in [2.24, 2.45) is 5.41 Å². The summed E-state index contributed by atoms with van der Waals surface area (Å²) in [5.74, 6) is 0. The first-order chi connectivity index (χ1) is 7.58. The second-order valence-electron chi connectivity index (χ2n) is 6.08. The van der Waals surface area contributed by atoms with Crippen molar-refractivity contribution in [3.8, 4) is 0 Å². The molecule has 2 aliphatic rings. The minimum Gasteiger partial charge on any atom is -0.381 e. The molecule has 2 aliphatic heterocycles. The Morgan fingerprint density at radius 1 is 1.19 bits per heavy atom. The molecule has 0 amide bonds. The molecule has 16 heavy (non-hydrogen) atoms. The van der Waals surface area contributed by atoms with E-state index >= 15 is 0 Å². The van der Waals surface area contributed by atoms with Gasteiger partial charge >= 0.3 is 0 Å². The fraction of sp³-hybridized carbons (Fsp3) is 1.00. The maximum absolute atomic E-state index is 5.50. The molecule has 3 heteroatoms. The minimum absolute atomic E-state index is 0.410. The Bertz CT molecular complexity index is 236. The van der Waals surface area contributed by atoms with Crippen molar-refractivity contribution in [3.05, 3.63) is 0 Å². The zero-order valence-electron chi connectivity index (χ0n) is 10.6.